The lowest BCUT2D eigenvalue weighted by atomic mass is 10.0. The molecule has 98 heavy (non-hydrogen) atoms. The molecule has 3 N–H and O–H groups in total. The van der Waals surface area contributed by atoms with Crippen LogP contribution in [-0.2, 0) is 65.4 Å². The molecule has 0 rings (SSSR count). The van der Waals surface area contributed by atoms with Crippen molar-refractivity contribution in [2.24, 2.45) is 0 Å². The summed E-state index contributed by atoms with van der Waals surface area (Å²) in [6.07, 6.45) is 66.1. The number of allylic oxidation sites excluding steroid dienone is 2. The summed E-state index contributed by atoms with van der Waals surface area (Å²) < 4.78 is 68.7. The summed E-state index contributed by atoms with van der Waals surface area (Å²) in [4.78, 5) is 73.0. The van der Waals surface area contributed by atoms with Gasteiger partial charge in [0, 0.05) is 25.7 Å². The van der Waals surface area contributed by atoms with Crippen molar-refractivity contribution in [3.8, 4) is 0 Å². The molecule has 0 aromatic carbocycles. The number of phosphoric ester groups is 2. The van der Waals surface area contributed by atoms with E-state index in [0.717, 1.165) is 109 Å². The van der Waals surface area contributed by atoms with Crippen molar-refractivity contribution < 1.29 is 80.2 Å². The van der Waals surface area contributed by atoms with E-state index < -0.39 is 97.5 Å². The summed E-state index contributed by atoms with van der Waals surface area (Å²) in [6, 6.07) is 0. The molecule has 5 atom stereocenters. The van der Waals surface area contributed by atoms with E-state index in [1.54, 1.807) is 0 Å². The molecule has 0 amide bonds. The molecule has 0 bridgehead atoms. The number of ether oxygens (including phenoxy) is 4. The van der Waals surface area contributed by atoms with Crippen molar-refractivity contribution in [1.29, 1.82) is 0 Å². The highest BCUT2D eigenvalue weighted by atomic mass is 31.2. The number of aliphatic hydroxyl groups excluding tert-OH is 1. The van der Waals surface area contributed by atoms with Crippen LogP contribution in [0.2, 0.25) is 0 Å². The Morgan fingerprint density at radius 3 is 0.704 bits per heavy atom. The summed E-state index contributed by atoms with van der Waals surface area (Å²) in [7, 11) is -9.92. The van der Waals surface area contributed by atoms with Crippen LogP contribution in [0.5, 0.6) is 0 Å². The highest BCUT2D eigenvalue weighted by Crippen LogP contribution is 2.45. The molecule has 0 aliphatic rings. The highest BCUT2D eigenvalue weighted by molar-refractivity contribution is 7.47. The minimum atomic E-state index is -4.96. The lowest BCUT2D eigenvalue weighted by Crippen LogP contribution is -2.30. The zero-order valence-corrected chi connectivity index (χ0v) is 65.3. The summed E-state index contributed by atoms with van der Waals surface area (Å²) >= 11 is 0. The number of unbranched alkanes of at least 4 members (excludes halogenated alkanes) is 51. The molecule has 0 aliphatic heterocycles. The van der Waals surface area contributed by atoms with E-state index in [0.29, 0.717) is 25.7 Å². The van der Waals surface area contributed by atoms with Crippen molar-refractivity contribution >= 4 is 39.5 Å². The molecule has 0 saturated carbocycles. The van der Waals surface area contributed by atoms with Crippen LogP contribution in [0.1, 0.15) is 413 Å². The van der Waals surface area contributed by atoms with Gasteiger partial charge in [-0.05, 0) is 51.4 Å². The van der Waals surface area contributed by atoms with Gasteiger partial charge in [-0.15, -0.1) is 0 Å². The second-order valence-corrected chi connectivity index (χ2v) is 31.0. The molecule has 0 aliphatic carbocycles. The Balaban J connectivity index is 5.28. The van der Waals surface area contributed by atoms with Gasteiger partial charge in [0.2, 0.25) is 0 Å². The molecular weight excluding hydrogens is 1280 g/mol. The van der Waals surface area contributed by atoms with Crippen LogP contribution in [0.25, 0.3) is 0 Å². The number of hydrogen-bond donors (Lipinski definition) is 3. The molecule has 580 valence electrons. The van der Waals surface area contributed by atoms with Crippen LogP contribution in [0.3, 0.4) is 0 Å². The highest BCUT2D eigenvalue weighted by Gasteiger charge is 2.30. The minimum Gasteiger partial charge on any atom is -0.462 e. The number of carbonyl (C=O) groups excluding carboxylic acids is 4. The van der Waals surface area contributed by atoms with Crippen molar-refractivity contribution in [1.82, 2.24) is 0 Å². The Labute approximate surface area is 600 Å². The fourth-order valence-corrected chi connectivity index (χ4v) is 13.6. The Kier molecular flexibility index (Phi) is 71.5. The van der Waals surface area contributed by atoms with Gasteiger partial charge in [-0.1, -0.05) is 348 Å². The SMILES string of the molecule is CCCCCCCC/C=C\CCCCCCCC(=O)OC[C@H](COP(=O)(O)OC[C@H](O)COP(=O)(O)OC[C@@H](COC(=O)CCCCCCCCCCCCCCCCC)OC(=O)CCCCCCCCCCCCCCCCC)OC(=O)CCCCCCCCCCCCCCC. The summed E-state index contributed by atoms with van der Waals surface area (Å²) in [5, 5.41) is 10.6. The summed E-state index contributed by atoms with van der Waals surface area (Å²) in [5.74, 6) is -2.12. The maximum absolute atomic E-state index is 13.1. The van der Waals surface area contributed by atoms with E-state index in [1.807, 2.05) is 0 Å². The average Bonchev–Trinajstić information content (AvgIpc) is 0.959. The van der Waals surface area contributed by atoms with Crippen LogP contribution < -0.4 is 0 Å². The second kappa shape index (κ2) is 73.1. The van der Waals surface area contributed by atoms with E-state index >= 15 is 0 Å². The van der Waals surface area contributed by atoms with Gasteiger partial charge in [0.15, 0.2) is 12.2 Å². The number of carbonyl (C=O) groups is 4. The Bertz CT molecular complexity index is 1910. The third kappa shape index (κ3) is 72.2. The predicted molar refractivity (Wildman–Crippen MR) is 400 cm³/mol. The molecule has 0 radical (unpaired) electrons. The quantitative estimate of drug-likeness (QED) is 0.0169. The lowest BCUT2D eigenvalue weighted by molar-refractivity contribution is -0.161. The number of esters is 4. The van der Waals surface area contributed by atoms with Crippen LogP contribution in [0, 0.1) is 0 Å². The Hall–Kier alpha value is -2.20. The van der Waals surface area contributed by atoms with Crippen LogP contribution >= 0.6 is 15.6 Å². The molecule has 0 aromatic heterocycles. The molecule has 0 fully saturated rings. The normalized spacial score (nSPS) is 13.9. The van der Waals surface area contributed by atoms with Gasteiger partial charge in [-0.3, -0.25) is 37.3 Å². The number of phosphoric acid groups is 2. The first kappa shape index (κ1) is 95.8. The van der Waals surface area contributed by atoms with Crippen LogP contribution in [0.15, 0.2) is 12.2 Å². The van der Waals surface area contributed by atoms with E-state index in [1.165, 1.54) is 225 Å². The topological polar surface area (TPSA) is 237 Å². The number of hydrogen-bond acceptors (Lipinski definition) is 15. The fraction of sp³-hybridized carbons (Fsp3) is 0.924. The lowest BCUT2D eigenvalue weighted by Gasteiger charge is -2.21. The maximum Gasteiger partial charge on any atom is 0.472 e. The first-order valence-electron chi connectivity index (χ1n) is 40.9. The van der Waals surface area contributed by atoms with Gasteiger partial charge in [-0.25, -0.2) is 9.13 Å². The first-order chi connectivity index (χ1) is 47.7. The molecule has 0 spiro atoms. The monoisotopic (exact) mass is 1440 g/mol. The van der Waals surface area contributed by atoms with Crippen molar-refractivity contribution in [2.45, 2.75) is 431 Å². The smallest absolute Gasteiger partial charge is 0.462 e. The van der Waals surface area contributed by atoms with Crippen molar-refractivity contribution in [2.75, 3.05) is 39.6 Å². The third-order valence-corrected chi connectivity index (χ3v) is 20.2. The van der Waals surface area contributed by atoms with Crippen LogP contribution in [0.4, 0.5) is 0 Å². The molecule has 0 heterocycles. The fourth-order valence-electron chi connectivity index (χ4n) is 12.0. The standard InChI is InChI=1S/C79H152O17P2/c1-5-9-13-17-21-25-29-33-36-40-43-47-51-55-59-63-76(81)89-69-74(95-78(83)65-61-57-53-49-45-39-32-28-24-20-16-12-8-4)71-93-97(85,86)91-67-73(80)68-92-98(87,88)94-72-75(96-79(84)66-62-58-54-50-46-42-38-35-31-27-23-19-15-11-7-3)70-90-77(82)64-60-56-52-48-44-41-37-34-30-26-22-18-14-10-6-2/h33,36,73-75,80H,5-32,34-35,37-72H2,1-4H3,(H,85,86)(H,87,88)/b36-33-/t73-,74+,75+/m0/s1. The zero-order chi connectivity index (χ0) is 71.8. The van der Waals surface area contributed by atoms with Crippen LogP contribution in [-0.4, -0.2) is 96.7 Å². The molecule has 17 nitrogen and oxygen atoms in total. The minimum absolute atomic E-state index is 0.105. The number of rotatable bonds is 79. The maximum atomic E-state index is 13.1. The zero-order valence-electron chi connectivity index (χ0n) is 63.5. The largest absolute Gasteiger partial charge is 0.472 e. The molecule has 0 aromatic rings. The molecular formula is C79H152O17P2. The van der Waals surface area contributed by atoms with Gasteiger partial charge in [0.25, 0.3) is 0 Å². The molecule has 19 heteroatoms. The third-order valence-electron chi connectivity index (χ3n) is 18.3. The molecule has 2 unspecified atom stereocenters. The van der Waals surface area contributed by atoms with E-state index in [9.17, 15) is 43.2 Å². The van der Waals surface area contributed by atoms with Gasteiger partial charge in [-0.2, -0.15) is 0 Å². The predicted octanol–water partition coefficient (Wildman–Crippen LogP) is 23.6. The van der Waals surface area contributed by atoms with Gasteiger partial charge in [0.05, 0.1) is 26.4 Å². The van der Waals surface area contributed by atoms with E-state index in [2.05, 4.69) is 39.8 Å². The van der Waals surface area contributed by atoms with E-state index in [-0.39, 0.29) is 25.7 Å². The van der Waals surface area contributed by atoms with E-state index in [4.69, 9.17) is 37.0 Å². The Morgan fingerprint density at radius 2 is 0.469 bits per heavy atom. The molecule has 0 saturated heterocycles. The average molecular weight is 1440 g/mol. The van der Waals surface area contributed by atoms with Gasteiger partial charge < -0.3 is 33.8 Å². The summed E-state index contributed by atoms with van der Waals surface area (Å²) in [5.41, 5.74) is 0. The second-order valence-electron chi connectivity index (χ2n) is 28.1. The summed E-state index contributed by atoms with van der Waals surface area (Å²) in [6.45, 7) is 4.99. The Morgan fingerprint density at radius 1 is 0.276 bits per heavy atom. The van der Waals surface area contributed by atoms with Gasteiger partial charge in [0.1, 0.15) is 19.3 Å². The van der Waals surface area contributed by atoms with Crippen molar-refractivity contribution in [3.05, 3.63) is 12.2 Å². The first-order valence-corrected chi connectivity index (χ1v) is 43.9. The number of aliphatic hydroxyl groups is 1. The van der Waals surface area contributed by atoms with Gasteiger partial charge >= 0.3 is 39.5 Å². The van der Waals surface area contributed by atoms with Crippen molar-refractivity contribution in [3.63, 3.8) is 0 Å².